The number of nitrogens with zero attached hydrogens (tertiary/aromatic N) is 5. The highest BCUT2D eigenvalue weighted by atomic mass is 16.6. The van der Waals surface area contributed by atoms with Crippen molar-refractivity contribution in [3.8, 4) is 0 Å². The second-order valence-electron chi connectivity index (χ2n) is 8.79. The summed E-state index contributed by atoms with van der Waals surface area (Å²) in [5.41, 5.74) is 3.40. The van der Waals surface area contributed by atoms with Crippen LogP contribution in [0.5, 0.6) is 0 Å². The Bertz CT molecular complexity index is 1110. The Labute approximate surface area is 193 Å². The van der Waals surface area contributed by atoms with E-state index < -0.39 is 0 Å². The minimum absolute atomic E-state index is 0.00853. The van der Waals surface area contributed by atoms with Crippen molar-refractivity contribution in [1.82, 2.24) is 20.1 Å². The summed E-state index contributed by atoms with van der Waals surface area (Å²) in [5.74, 6) is -0.779. The fraction of sp³-hybridized carbons (Fsp3) is 0.458. The van der Waals surface area contributed by atoms with Crippen molar-refractivity contribution in [2.45, 2.75) is 40.2 Å². The molecule has 9 nitrogen and oxygen atoms in total. The van der Waals surface area contributed by atoms with Crippen molar-refractivity contribution >= 4 is 23.4 Å². The largest absolute Gasteiger partial charge is 0.370 e. The monoisotopic (exact) mass is 451 g/mol. The molecule has 0 aliphatic carbocycles. The minimum atomic E-state index is -0.362. The van der Waals surface area contributed by atoms with E-state index >= 15 is 0 Å². The summed E-state index contributed by atoms with van der Waals surface area (Å²) in [6.07, 6.45) is 1.63. The predicted molar refractivity (Wildman–Crippen MR) is 122 cm³/mol. The van der Waals surface area contributed by atoms with E-state index in [1.54, 1.807) is 19.1 Å². The average molecular weight is 452 g/mol. The third-order valence-corrected chi connectivity index (χ3v) is 6.30. The molecule has 0 N–H and O–H groups in total. The zero-order valence-electron chi connectivity index (χ0n) is 19.3. The Kier molecular flexibility index (Phi) is 6.31. The van der Waals surface area contributed by atoms with E-state index in [9.17, 15) is 14.4 Å². The van der Waals surface area contributed by atoms with E-state index in [1.807, 2.05) is 24.8 Å². The molecule has 2 aliphatic rings. The molecule has 0 spiro atoms. The standard InChI is InChI=1S/C24H29N5O4/c1-5-27(12-15(2)3)22(30)17-8-7-11-28(13-17)20-10-6-9-18-21(20)24(32)29(23(18)31)14-19-16(4)25-33-26-19/h6,9-10,17H,2,5,7-8,11-14H2,1,3-4H3/t17-/m1/s1. The minimum Gasteiger partial charge on any atom is -0.370 e. The third kappa shape index (κ3) is 4.27. The highest BCUT2D eigenvalue weighted by Crippen LogP contribution is 2.35. The smallest absolute Gasteiger partial charge is 0.264 e. The fourth-order valence-electron chi connectivity index (χ4n) is 4.59. The van der Waals surface area contributed by atoms with E-state index in [1.165, 1.54) is 4.90 Å². The third-order valence-electron chi connectivity index (χ3n) is 6.30. The van der Waals surface area contributed by atoms with Gasteiger partial charge >= 0.3 is 0 Å². The van der Waals surface area contributed by atoms with Crippen LogP contribution in [0.3, 0.4) is 0 Å². The van der Waals surface area contributed by atoms with Gasteiger partial charge in [0.1, 0.15) is 11.4 Å². The Hall–Kier alpha value is -3.49. The number of fused-ring (bicyclic) bond motifs is 1. The number of benzene rings is 1. The summed E-state index contributed by atoms with van der Waals surface area (Å²) in [7, 11) is 0. The van der Waals surface area contributed by atoms with Crippen molar-refractivity contribution in [1.29, 1.82) is 0 Å². The number of piperidine rings is 1. The van der Waals surface area contributed by atoms with Crippen molar-refractivity contribution in [3.05, 3.63) is 52.9 Å². The van der Waals surface area contributed by atoms with Gasteiger partial charge in [0.05, 0.1) is 29.3 Å². The number of anilines is 1. The zero-order valence-corrected chi connectivity index (χ0v) is 19.3. The molecule has 1 atom stereocenters. The molecule has 1 aromatic carbocycles. The van der Waals surface area contributed by atoms with Crippen LogP contribution >= 0.6 is 0 Å². The topological polar surface area (TPSA) is 99.9 Å². The maximum atomic E-state index is 13.3. The molecule has 0 saturated carbocycles. The second kappa shape index (κ2) is 9.17. The zero-order chi connectivity index (χ0) is 23.7. The van der Waals surface area contributed by atoms with Crippen molar-refractivity contribution < 1.29 is 19.0 Å². The molecule has 174 valence electrons. The first kappa shape index (κ1) is 22.7. The summed E-state index contributed by atoms with van der Waals surface area (Å²) in [6, 6.07) is 5.32. The number of amides is 3. The molecule has 0 unspecified atom stereocenters. The molecule has 1 fully saturated rings. The van der Waals surface area contributed by atoms with Crippen LogP contribution in [0.15, 0.2) is 35.0 Å². The fourth-order valence-corrected chi connectivity index (χ4v) is 4.59. The number of hydrogen-bond acceptors (Lipinski definition) is 7. The van der Waals surface area contributed by atoms with Crippen LogP contribution in [-0.4, -0.2) is 64.0 Å². The average Bonchev–Trinajstić information content (AvgIpc) is 3.33. The predicted octanol–water partition coefficient (Wildman–Crippen LogP) is 2.82. The van der Waals surface area contributed by atoms with Gasteiger partial charge in [0.2, 0.25) is 5.91 Å². The number of carbonyl (C=O) groups is 3. The quantitative estimate of drug-likeness (QED) is 0.471. The Morgan fingerprint density at radius 3 is 2.73 bits per heavy atom. The van der Waals surface area contributed by atoms with Gasteiger partial charge < -0.3 is 9.80 Å². The van der Waals surface area contributed by atoms with Gasteiger partial charge in [-0.1, -0.05) is 28.5 Å². The van der Waals surface area contributed by atoms with Gasteiger partial charge in [-0.25, -0.2) is 4.63 Å². The molecular weight excluding hydrogens is 422 g/mol. The van der Waals surface area contributed by atoms with Crippen LogP contribution in [0, 0.1) is 12.8 Å². The van der Waals surface area contributed by atoms with E-state index in [4.69, 9.17) is 4.63 Å². The van der Waals surface area contributed by atoms with E-state index in [0.717, 1.165) is 25.0 Å². The molecule has 33 heavy (non-hydrogen) atoms. The normalized spacial score (nSPS) is 18.0. The first-order chi connectivity index (χ1) is 15.8. The molecule has 4 rings (SSSR count). The maximum absolute atomic E-state index is 13.3. The van der Waals surface area contributed by atoms with E-state index in [-0.39, 0.29) is 30.2 Å². The second-order valence-corrected chi connectivity index (χ2v) is 8.79. The summed E-state index contributed by atoms with van der Waals surface area (Å²) in [5, 5.41) is 7.53. The highest BCUT2D eigenvalue weighted by Gasteiger charge is 2.40. The van der Waals surface area contributed by atoms with Gasteiger partial charge in [-0.2, -0.15) is 0 Å². The first-order valence-electron chi connectivity index (χ1n) is 11.3. The number of hydrogen-bond donors (Lipinski definition) is 0. The van der Waals surface area contributed by atoms with Gasteiger partial charge in [-0.05, 0) is 45.7 Å². The maximum Gasteiger partial charge on any atom is 0.264 e. The van der Waals surface area contributed by atoms with Gasteiger partial charge in [-0.15, -0.1) is 0 Å². The van der Waals surface area contributed by atoms with E-state index in [0.29, 0.717) is 47.8 Å². The summed E-state index contributed by atoms with van der Waals surface area (Å²) in [4.78, 5) is 44.6. The van der Waals surface area contributed by atoms with Gasteiger partial charge in [0, 0.05) is 26.2 Å². The molecule has 1 aromatic heterocycles. The molecule has 1 saturated heterocycles. The van der Waals surface area contributed by atoms with Crippen molar-refractivity contribution in [2.24, 2.45) is 5.92 Å². The summed E-state index contributed by atoms with van der Waals surface area (Å²) in [6.45, 7) is 12.0. The Morgan fingerprint density at radius 1 is 1.27 bits per heavy atom. The van der Waals surface area contributed by atoms with Crippen molar-refractivity contribution in [2.75, 3.05) is 31.1 Å². The molecule has 9 heteroatoms. The number of aromatic nitrogens is 2. The molecule has 0 radical (unpaired) electrons. The van der Waals surface area contributed by atoms with E-state index in [2.05, 4.69) is 21.8 Å². The molecule has 2 aromatic rings. The van der Waals surface area contributed by atoms with Gasteiger partial charge in [0.25, 0.3) is 11.8 Å². The first-order valence-corrected chi connectivity index (χ1v) is 11.3. The SMILES string of the molecule is C=C(C)CN(CC)C(=O)[C@@H]1CCCN(c2cccc3c2C(=O)N(Cc2nonc2C)C3=O)C1. The van der Waals surface area contributed by atoms with Gasteiger partial charge in [-0.3, -0.25) is 19.3 Å². The van der Waals surface area contributed by atoms with Crippen LogP contribution in [0.1, 0.15) is 58.8 Å². The van der Waals surface area contributed by atoms with Crippen LogP contribution in [0.4, 0.5) is 5.69 Å². The molecular formula is C24H29N5O4. The Morgan fingerprint density at radius 2 is 2.06 bits per heavy atom. The van der Waals surface area contributed by atoms with Crippen molar-refractivity contribution in [3.63, 3.8) is 0 Å². The summed E-state index contributed by atoms with van der Waals surface area (Å²) < 4.78 is 4.71. The lowest BCUT2D eigenvalue weighted by molar-refractivity contribution is -0.135. The number of likely N-dealkylation sites (N-methyl/N-ethyl adjacent to an activating group) is 1. The number of aryl methyl sites for hydroxylation is 1. The molecule has 3 amide bonds. The molecule has 0 bridgehead atoms. The van der Waals surface area contributed by atoms with Crippen LogP contribution in [-0.2, 0) is 11.3 Å². The lowest BCUT2D eigenvalue weighted by Crippen LogP contribution is -2.45. The summed E-state index contributed by atoms with van der Waals surface area (Å²) >= 11 is 0. The van der Waals surface area contributed by atoms with Crippen LogP contribution in [0.2, 0.25) is 0 Å². The van der Waals surface area contributed by atoms with Crippen LogP contribution in [0.25, 0.3) is 0 Å². The lowest BCUT2D eigenvalue weighted by Gasteiger charge is -2.36. The highest BCUT2D eigenvalue weighted by molar-refractivity contribution is 6.23. The number of imide groups is 1. The molecule has 3 heterocycles. The molecule has 2 aliphatic heterocycles. The van der Waals surface area contributed by atoms with Crippen LogP contribution < -0.4 is 4.90 Å². The lowest BCUT2D eigenvalue weighted by atomic mass is 9.94. The number of rotatable bonds is 7. The number of carbonyl (C=O) groups excluding carboxylic acids is 3. The van der Waals surface area contributed by atoms with Gasteiger partial charge in [0.15, 0.2) is 0 Å². The Balaban J connectivity index is 1.58.